The molecule has 0 bridgehead atoms. The second kappa shape index (κ2) is 9.53. The lowest BCUT2D eigenvalue weighted by Crippen LogP contribution is -2.44. The number of benzene rings is 2. The first-order chi connectivity index (χ1) is 12.7. The van der Waals surface area contributed by atoms with Crippen molar-refractivity contribution >= 4 is 23.6 Å². The van der Waals surface area contributed by atoms with Crippen molar-refractivity contribution in [1.29, 1.82) is 0 Å². The highest BCUT2D eigenvalue weighted by atomic mass is 35.5. The van der Waals surface area contributed by atoms with Gasteiger partial charge in [-0.3, -0.25) is 4.90 Å². The van der Waals surface area contributed by atoms with E-state index in [0.29, 0.717) is 11.6 Å². The van der Waals surface area contributed by atoms with E-state index in [1.807, 2.05) is 30.3 Å². The van der Waals surface area contributed by atoms with Gasteiger partial charge in [0.1, 0.15) is 12.7 Å². The molecule has 0 saturated carbocycles. The molecule has 1 heterocycles. The summed E-state index contributed by atoms with van der Waals surface area (Å²) in [6.45, 7) is 3.43. The van der Waals surface area contributed by atoms with Gasteiger partial charge >= 0.3 is 5.97 Å². The molecule has 26 heavy (non-hydrogen) atoms. The third-order valence-corrected chi connectivity index (χ3v) is 4.42. The van der Waals surface area contributed by atoms with Crippen molar-refractivity contribution in [3.8, 4) is 0 Å². The minimum atomic E-state index is -0.372. The fourth-order valence-electron chi connectivity index (χ4n) is 2.83. The van der Waals surface area contributed by atoms with Crippen LogP contribution in [0.25, 0.3) is 6.08 Å². The molecule has 1 aliphatic rings. The van der Waals surface area contributed by atoms with Gasteiger partial charge in [-0.1, -0.05) is 54.1 Å². The molecule has 2 aromatic carbocycles. The molecular formula is C21H22ClNO3. The Bertz CT molecular complexity index is 731. The van der Waals surface area contributed by atoms with E-state index in [-0.39, 0.29) is 18.7 Å². The van der Waals surface area contributed by atoms with Crippen LogP contribution in [0.2, 0.25) is 5.02 Å². The molecule has 0 N–H and O–H groups in total. The summed E-state index contributed by atoms with van der Waals surface area (Å²) >= 11 is 5.84. The van der Waals surface area contributed by atoms with Crippen LogP contribution >= 0.6 is 11.6 Å². The van der Waals surface area contributed by atoms with E-state index in [1.54, 1.807) is 18.2 Å². The van der Waals surface area contributed by atoms with Crippen LogP contribution in [0.5, 0.6) is 0 Å². The third-order valence-electron chi connectivity index (χ3n) is 4.17. The molecule has 0 spiro atoms. The number of carbonyl (C=O) groups is 1. The Hall–Kier alpha value is -2.14. The van der Waals surface area contributed by atoms with Gasteiger partial charge in [-0.15, -0.1) is 0 Å². The number of nitrogens with zero attached hydrogens (tertiary/aromatic N) is 1. The van der Waals surface area contributed by atoms with Gasteiger partial charge in [0.15, 0.2) is 0 Å². The number of esters is 1. The Kier molecular flexibility index (Phi) is 6.83. The maximum Gasteiger partial charge on any atom is 0.330 e. The van der Waals surface area contributed by atoms with Gasteiger partial charge in [-0.2, -0.15) is 0 Å². The highest BCUT2D eigenvalue weighted by Gasteiger charge is 2.21. The maximum atomic E-state index is 11.9. The van der Waals surface area contributed by atoms with Crippen molar-refractivity contribution in [1.82, 2.24) is 4.90 Å². The number of carbonyl (C=O) groups excluding carboxylic acids is 1. The molecule has 0 radical (unpaired) electrons. The molecule has 4 nitrogen and oxygen atoms in total. The van der Waals surface area contributed by atoms with Gasteiger partial charge in [0.2, 0.25) is 0 Å². The van der Waals surface area contributed by atoms with Gasteiger partial charge < -0.3 is 9.47 Å². The van der Waals surface area contributed by atoms with Crippen molar-refractivity contribution < 1.29 is 14.3 Å². The summed E-state index contributed by atoms with van der Waals surface area (Å²) in [6, 6.07) is 17.6. The predicted molar refractivity (Wildman–Crippen MR) is 103 cm³/mol. The van der Waals surface area contributed by atoms with Crippen molar-refractivity contribution in [2.24, 2.45) is 0 Å². The minimum Gasteiger partial charge on any atom is -0.460 e. The Morgan fingerprint density at radius 2 is 1.96 bits per heavy atom. The van der Waals surface area contributed by atoms with Gasteiger partial charge in [-0.05, 0) is 29.3 Å². The average molecular weight is 372 g/mol. The Morgan fingerprint density at radius 1 is 1.19 bits per heavy atom. The summed E-state index contributed by atoms with van der Waals surface area (Å²) in [4.78, 5) is 14.2. The summed E-state index contributed by atoms with van der Waals surface area (Å²) in [5.41, 5.74) is 2.17. The average Bonchev–Trinajstić information content (AvgIpc) is 2.67. The molecular weight excluding hydrogens is 350 g/mol. The van der Waals surface area contributed by atoms with E-state index >= 15 is 0 Å². The third kappa shape index (κ3) is 5.99. The fraction of sp³-hybridized carbons (Fsp3) is 0.286. The molecule has 1 fully saturated rings. The molecule has 2 aromatic rings. The van der Waals surface area contributed by atoms with Crippen LogP contribution in [0.3, 0.4) is 0 Å². The summed E-state index contributed by atoms with van der Waals surface area (Å²) in [6.07, 6.45) is 3.04. The largest absolute Gasteiger partial charge is 0.460 e. The zero-order valence-corrected chi connectivity index (χ0v) is 15.3. The van der Waals surface area contributed by atoms with Crippen LogP contribution in [0.15, 0.2) is 60.7 Å². The summed E-state index contributed by atoms with van der Waals surface area (Å²) in [7, 11) is 0. The lowest BCUT2D eigenvalue weighted by Gasteiger charge is -2.32. The monoisotopic (exact) mass is 371 g/mol. The van der Waals surface area contributed by atoms with Gasteiger partial charge in [0.25, 0.3) is 0 Å². The minimum absolute atomic E-state index is 0.0969. The van der Waals surface area contributed by atoms with Crippen LogP contribution in [0.1, 0.15) is 11.1 Å². The lowest BCUT2D eigenvalue weighted by molar-refractivity contribution is -0.144. The summed E-state index contributed by atoms with van der Waals surface area (Å²) in [5.74, 6) is -0.372. The summed E-state index contributed by atoms with van der Waals surface area (Å²) in [5, 5.41) is 0.666. The number of rotatable bonds is 6. The second-order valence-electron chi connectivity index (χ2n) is 6.23. The van der Waals surface area contributed by atoms with E-state index in [4.69, 9.17) is 21.1 Å². The van der Waals surface area contributed by atoms with Crippen molar-refractivity contribution in [2.75, 3.05) is 26.3 Å². The number of morpholine rings is 1. The highest BCUT2D eigenvalue weighted by molar-refractivity contribution is 6.30. The van der Waals surface area contributed by atoms with E-state index < -0.39 is 0 Å². The van der Waals surface area contributed by atoms with Crippen LogP contribution in [0, 0.1) is 0 Å². The molecule has 136 valence electrons. The van der Waals surface area contributed by atoms with Crippen molar-refractivity contribution in [3.63, 3.8) is 0 Å². The molecule has 1 saturated heterocycles. The number of ether oxygens (including phenoxy) is 2. The first kappa shape index (κ1) is 18.6. The Morgan fingerprint density at radius 3 is 2.73 bits per heavy atom. The first-order valence-electron chi connectivity index (χ1n) is 8.67. The Labute approximate surface area is 159 Å². The standard InChI is InChI=1S/C21H22ClNO3/c22-19-9-6-17(7-10-19)8-11-21(24)26-16-20-15-23(12-13-25-20)14-18-4-2-1-3-5-18/h1-11,20H,12-16H2/b11-8-/t20-/m1/s1. The molecule has 0 amide bonds. The van der Waals surface area contributed by atoms with E-state index in [0.717, 1.165) is 25.2 Å². The van der Waals surface area contributed by atoms with Crippen molar-refractivity contribution in [2.45, 2.75) is 12.6 Å². The maximum absolute atomic E-state index is 11.9. The van der Waals surface area contributed by atoms with E-state index in [2.05, 4.69) is 17.0 Å². The molecule has 5 heteroatoms. The molecule has 1 atom stereocenters. The zero-order valence-electron chi connectivity index (χ0n) is 14.5. The number of halogens is 1. The van der Waals surface area contributed by atoms with Gasteiger partial charge in [-0.25, -0.2) is 4.79 Å². The van der Waals surface area contributed by atoms with Crippen LogP contribution < -0.4 is 0 Å². The summed E-state index contributed by atoms with van der Waals surface area (Å²) < 4.78 is 11.0. The molecule has 3 rings (SSSR count). The van der Waals surface area contributed by atoms with Crippen molar-refractivity contribution in [3.05, 3.63) is 76.8 Å². The first-order valence-corrected chi connectivity index (χ1v) is 9.05. The number of hydrogen-bond donors (Lipinski definition) is 0. The SMILES string of the molecule is O=C(/C=C\c1ccc(Cl)cc1)OC[C@H]1CN(Cc2ccccc2)CCO1. The number of hydrogen-bond acceptors (Lipinski definition) is 4. The van der Waals surface area contributed by atoms with Crippen LogP contribution in [-0.2, 0) is 20.8 Å². The Balaban J connectivity index is 1.43. The molecule has 0 unspecified atom stereocenters. The van der Waals surface area contributed by atoms with E-state index in [9.17, 15) is 4.79 Å². The zero-order chi connectivity index (χ0) is 18.2. The lowest BCUT2D eigenvalue weighted by atomic mass is 10.2. The smallest absolute Gasteiger partial charge is 0.330 e. The fourth-order valence-corrected chi connectivity index (χ4v) is 2.95. The highest BCUT2D eigenvalue weighted by Crippen LogP contribution is 2.12. The molecule has 1 aliphatic heterocycles. The van der Waals surface area contributed by atoms with Gasteiger partial charge in [0.05, 0.1) is 6.61 Å². The normalized spacial score (nSPS) is 18.1. The second-order valence-corrected chi connectivity index (χ2v) is 6.66. The molecule has 0 aromatic heterocycles. The van der Waals surface area contributed by atoms with Gasteiger partial charge in [0, 0.05) is 30.7 Å². The van der Waals surface area contributed by atoms with Crippen LogP contribution in [-0.4, -0.2) is 43.3 Å². The van der Waals surface area contributed by atoms with Crippen LogP contribution in [0.4, 0.5) is 0 Å². The molecule has 0 aliphatic carbocycles. The topological polar surface area (TPSA) is 38.8 Å². The quantitative estimate of drug-likeness (QED) is 0.572. The predicted octanol–water partition coefficient (Wildman–Crippen LogP) is 3.80. The van der Waals surface area contributed by atoms with E-state index in [1.165, 1.54) is 11.6 Å².